The fraction of sp³-hybridized carbons (Fsp3) is 0.130. The molecule has 140 valence electrons. The molecule has 3 aromatic rings. The summed E-state index contributed by atoms with van der Waals surface area (Å²) in [6.07, 6.45) is 2.08. The first-order valence-corrected chi connectivity index (χ1v) is 9.58. The highest BCUT2D eigenvalue weighted by Crippen LogP contribution is 2.11. The minimum atomic E-state index is -0.315. The number of carbonyl (C=O) groups is 2. The van der Waals surface area contributed by atoms with Crippen LogP contribution >= 0.6 is 11.8 Å². The van der Waals surface area contributed by atoms with E-state index in [0.717, 1.165) is 5.56 Å². The van der Waals surface area contributed by atoms with Crippen molar-refractivity contribution in [3.63, 3.8) is 0 Å². The van der Waals surface area contributed by atoms with Crippen LogP contribution in [0.25, 0.3) is 0 Å². The second-order valence-corrected chi connectivity index (χ2v) is 6.38. The van der Waals surface area contributed by atoms with Gasteiger partial charge in [0.25, 0.3) is 0 Å². The lowest BCUT2D eigenvalue weighted by molar-refractivity contribution is 0.100. The first-order chi connectivity index (χ1) is 12.9. The highest BCUT2D eigenvalue weighted by molar-refractivity contribution is 7.98. The van der Waals surface area contributed by atoms with Gasteiger partial charge >= 0.3 is 0 Å². The second kappa shape index (κ2) is 12.6. The minimum absolute atomic E-state index is 0.0417. The van der Waals surface area contributed by atoms with Crippen LogP contribution in [0.2, 0.25) is 0 Å². The number of hydrogen-bond donors (Lipinski definition) is 0. The van der Waals surface area contributed by atoms with Crippen molar-refractivity contribution in [2.75, 3.05) is 6.26 Å². The van der Waals surface area contributed by atoms with Crippen LogP contribution in [0.15, 0.2) is 89.8 Å². The van der Waals surface area contributed by atoms with Gasteiger partial charge in [-0.25, -0.2) is 4.39 Å². The van der Waals surface area contributed by atoms with Crippen LogP contribution in [-0.4, -0.2) is 17.8 Å². The van der Waals surface area contributed by atoms with Crippen molar-refractivity contribution >= 4 is 23.3 Å². The number of hydrogen-bond acceptors (Lipinski definition) is 3. The molecule has 0 aliphatic carbocycles. The maximum atomic E-state index is 12.2. The molecule has 0 fully saturated rings. The number of ketones is 2. The predicted molar refractivity (Wildman–Crippen MR) is 111 cm³/mol. The first kappa shape index (κ1) is 22.3. The smallest absolute Gasteiger partial charge is 0.159 e. The highest BCUT2D eigenvalue weighted by atomic mass is 32.2. The van der Waals surface area contributed by atoms with Crippen molar-refractivity contribution in [1.82, 2.24) is 0 Å². The van der Waals surface area contributed by atoms with Gasteiger partial charge < -0.3 is 0 Å². The summed E-state index contributed by atoms with van der Waals surface area (Å²) >= 11 is 1.77. The van der Waals surface area contributed by atoms with Crippen molar-refractivity contribution in [2.24, 2.45) is 0 Å². The number of carbonyl (C=O) groups excluding carboxylic acids is 2. The quantitative estimate of drug-likeness (QED) is 0.392. The van der Waals surface area contributed by atoms with Crippen LogP contribution < -0.4 is 0 Å². The van der Waals surface area contributed by atoms with Gasteiger partial charge in [0, 0.05) is 16.0 Å². The van der Waals surface area contributed by atoms with Crippen LogP contribution in [0.5, 0.6) is 0 Å². The van der Waals surface area contributed by atoms with Gasteiger partial charge in [0.05, 0.1) is 0 Å². The van der Waals surface area contributed by atoms with Gasteiger partial charge in [-0.15, -0.1) is 11.8 Å². The van der Waals surface area contributed by atoms with E-state index in [0.29, 0.717) is 5.56 Å². The van der Waals surface area contributed by atoms with Gasteiger partial charge in [0.15, 0.2) is 11.6 Å². The number of Topliss-reactive ketones (excluding diaryl/α,β-unsaturated/α-hetero) is 2. The third-order valence-corrected chi connectivity index (χ3v) is 4.15. The van der Waals surface area contributed by atoms with Crippen LogP contribution in [0.4, 0.5) is 4.39 Å². The Morgan fingerprint density at radius 1 is 0.667 bits per heavy atom. The maximum absolute atomic E-state index is 12.2. The third kappa shape index (κ3) is 9.52. The van der Waals surface area contributed by atoms with E-state index in [-0.39, 0.29) is 17.4 Å². The zero-order valence-corrected chi connectivity index (χ0v) is 16.5. The summed E-state index contributed by atoms with van der Waals surface area (Å²) in [5.41, 5.74) is 1.32. The number of benzene rings is 3. The van der Waals surface area contributed by atoms with E-state index in [2.05, 4.69) is 18.4 Å². The lowest BCUT2D eigenvalue weighted by Gasteiger charge is -1.91. The predicted octanol–water partition coefficient (Wildman–Crippen LogP) is 6.33. The van der Waals surface area contributed by atoms with E-state index in [4.69, 9.17) is 0 Å². The number of rotatable bonds is 3. The van der Waals surface area contributed by atoms with Crippen LogP contribution in [0, 0.1) is 5.82 Å². The van der Waals surface area contributed by atoms with E-state index >= 15 is 0 Å². The Morgan fingerprint density at radius 2 is 1.07 bits per heavy atom. The lowest BCUT2D eigenvalue weighted by Crippen LogP contribution is -1.90. The van der Waals surface area contributed by atoms with E-state index in [1.54, 1.807) is 18.7 Å². The van der Waals surface area contributed by atoms with E-state index in [1.807, 2.05) is 48.5 Å². The molecule has 0 radical (unpaired) electrons. The van der Waals surface area contributed by atoms with Crippen molar-refractivity contribution in [2.45, 2.75) is 18.7 Å². The van der Waals surface area contributed by atoms with Crippen molar-refractivity contribution in [3.05, 3.63) is 102 Å². The minimum Gasteiger partial charge on any atom is -0.295 e. The molecule has 0 saturated heterocycles. The van der Waals surface area contributed by atoms with E-state index in [9.17, 15) is 14.0 Å². The molecule has 27 heavy (non-hydrogen) atoms. The molecule has 3 rings (SSSR count). The van der Waals surface area contributed by atoms with Gasteiger partial charge in [0.2, 0.25) is 0 Å². The van der Waals surface area contributed by atoms with Crippen LogP contribution in [0.1, 0.15) is 34.6 Å². The van der Waals surface area contributed by atoms with E-state index < -0.39 is 0 Å². The molecule has 0 N–H and O–H groups in total. The monoisotopic (exact) mass is 382 g/mol. The van der Waals surface area contributed by atoms with Crippen LogP contribution in [0.3, 0.4) is 0 Å². The zero-order chi connectivity index (χ0) is 20.1. The molecular formula is C23H23FO2S. The van der Waals surface area contributed by atoms with Crippen molar-refractivity contribution in [1.29, 1.82) is 0 Å². The molecule has 0 bridgehead atoms. The van der Waals surface area contributed by atoms with Crippen molar-refractivity contribution < 1.29 is 14.0 Å². The lowest BCUT2D eigenvalue weighted by atomic mass is 10.1. The summed E-state index contributed by atoms with van der Waals surface area (Å²) in [6.45, 7) is 3.02. The Balaban J connectivity index is 0.000000204. The Bertz CT molecular complexity index is 816. The summed E-state index contributed by atoms with van der Waals surface area (Å²) in [5, 5.41) is 0. The zero-order valence-electron chi connectivity index (χ0n) is 15.7. The average Bonchev–Trinajstić information content (AvgIpc) is 2.70. The first-order valence-electron chi connectivity index (χ1n) is 8.35. The van der Waals surface area contributed by atoms with Gasteiger partial charge in [-0.1, -0.05) is 48.5 Å². The molecule has 0 aliphatic rings. The standard InChI is InChI=1S/C8H7FO.C8H8O.C7H8S/c1-6(10)7-2-4-8(9)5-3-7;1-7(9)8-5-3-2-4-6-8;1-8-7-5-3-2-4-6-7/h2-5H,1H3;2-6H,1H3;2-6H,1H3. The molecule has 4 heteroatoms. The number of thioether (sulfide) groups is 1. The molecule has 0 aliphatic heterocycles. The Kier molecular flexibility index (Phi) is 10.4. The van der Waals surface area contributed by atoms with Gasteiger partial charge in [0.1, 0.15) is 5.82 Å². The largest absolute Gasteiger partial charge is 0.295 e. The van der Waals surface area contributed by atoms with Gasteiger partial charge in [-0.3, -0.25) is 9.59 Å². The Morgan fingerprint density at radius 3 is 1.41 bits per heavy atom. The molecule has 0 aromatic heterocycles. The molecule has 0 unspecified atom stereocenters. The second-order valence-electron chi connectivity index (χ2n) is 5.50. The molecule has 0 saturated carbocycles. The molecular weight excluding hydrogens is 359 g/mol. The topological polar surface area (TPSA) is 34.1 Å². The molecule has 0 spiro atoms. The van der Waals surface area contributed by atoms with Crippen molar-refractivity contribution in [3.8, 4) is 0 Å². The fourth-order valence-electron chi connectivity index (χ4n) is 1.91. The third-order valence-electron chi connectivity index (χ3n) is 3.41. The Labute approximate surface area is 164 Å². The molecule has 0 heterocycles. The number of halogens is 1. The molecule has 3 aromatic carbocycles. The highest BCUT2D eigenvalue weighted by Gasteiger charge is 1.96. The SMILES string of the molecule is CC(=O)c1ccc(F)cc1.CC(=O)c1ccccc1.CSc1ccccc1. The summed E-state index contributed by atoms with van der Waals surface area (Å²) in [7, 11) is 0. The normalized spacial score (nSPS) is 9.19. The average molecular weight is 383 g/mol. The van der Waals surface area contributed by atoms with Crippen LogP contribution in [-0.2, 0) is 0 Å². The molecule has 0 amide bonds. The molecule has 0 atom stereocenters. The van der Waals surface area contributed by atoms with Gasteiger partial charge in [-0.2, -0.15) is 0 Å². The summed E-state index contributed by atoms with van der Waals surface area (Å²) in [5.74, 6) is -0.236. The van der Waals surface area contributed by atoms with E-state index in [1.165, 1.54) is 36.1 Å². The summed E-state index contributed by atoms with van der Waals surface area (Å²) in [6, 6.07) is 25.0. The maximum Gasteiger partial charge on any atom is 0.159 e. The van der Waals surface area contributed by atoms with Gasteiger partial charge in [-0.05, 0) is 56.5 Å². The molecule has 2 nitrogen and oxygen atoms in total. The Hall–Kier alpha value is -2.72. The fourth-order valence-corrected chi connectivity index (χ4v) is 2.34. The summed E-state index contributed by atoms with van der Waals surface area (Å²) < 4.78 is 12.2. The summed E-state index contributed by atoms with van der Waals surface area (Å²) in [4.78, 5) is 22.6.